The number of likely N-dealkylation sites (tertiary alicyclic amines) is 1. The van der Waals surface area contributed by atoms with Crippen LogP contribution in [0.3, 0.4) is 0 Å². The molecule has 0 aromatic carbocycles. The molecular formula is C12H21N5O3. The summed E-state index contributed by atoms with van der Waals surface area (Å²) < 4.78 is 9.46. The largest absolute Gasteiger partial charge is 0.510 e. The minimum atomic E-state index is -0.728. The highest BCUT2D eigenvalue weighted by atomic mass is 16.7. The van der Waals surface area contributed by atoms with E-state index in [4.69, 9.17) is 4.74 Å². The SMILES string of the molecule is CCOC(=O)OCn1nnc(C2CN(C(C)(C)C)C2)n1. The van der Waals surface area contributed by atoms with Gasteiger partial charge in [-0.05, 0) is 32.9 Å². The second kappa shape index (κ2) is 5.74. The lowest BCUT2D eigenvalue weighted by Gasteiger charge is -2.46. The van der Waals surface area contributed by atoms with Crippen molar-refractivity contribution in [2.24, 2.45) is 0 Å². The summed E-state index contributed by atoms with van der Waals surface area (Å²) in [7, 11) is 0. The molecule has 0 saturated carbocycles. The van der Waals surface area contributed by atoms with E-state index in [1.54, 1.807) is 6.92 Å². The van der Waals surface area contributed by atoms with Crippen LogP contribution in [0, 0.1) is 0 Å². The molecule has 8 heteroatoms. The van der Waals surface area contributed by atoms with Gasteiger partial charge in [-0.15, -0.1) is 15.0 Å². The number of rotatable bonds is 4. The number of ether oxygens (including phenoxy) is 2. The molecule has 112 valence electrons. The van der Waals surface area contributed by atoms with Crippen molar-refractivity contribution in [1.29, 1.82) is 0 Å². The Labute approximate surface area is 118 Å². The van der Waals surface area contributed by atoms with E-state index in [0.717, 1.165) is 13.1 Å². The van der Waals surface area contributed by atoms with Crippen LogP contribution in [0.15, 0.2) is 0 Å². The third-order valence-electron chi connectivity index (χ3n) is 3.22. The van der Waals surface area contributed by atoms with Crippen molar-refractivity contribution >= 4 is 6.16 Å². The molecule has 0 unspecified atom stereocenters. The van der Waals surface area contributed by atoms with Crippen LogP contribution < -0.4 is 0 Å². The molecule has 0 N–H and O–H groups in total. The van der Waals surface area contributed by atoms with Crippen molar-refractivity contribution in [1.82, 2.24) is 25.1 Å². The Morgan fingerprint density at radius 2 is 2.05 bits per heavy atom. The Bertz CT molecular complexity index is 462. The second-order valence-corrected chi connectivity index (χ2v) is 5.75. The predicted molar refractivity (Wildman–Crippen MR) is 70.0 cm³/mol. The first-order valence-electron chi connectivity index (χ1n) is 6.72. The zero-order valence-corrected chi connectivity index (χ0v) is 12.4. The molecule has 1 aliphatic heterocycles. The zero-order chi connectivity index (χ0) is 14.8. The fraction of sp³-hybridized carbons (Fsp3) is 0.833. The van der Waals surface area contributed by atoms with Gasteiger partial charge in [0.25, 0.3) is 0 Å². The van der Waals surface area contributed by atoms with E-state index in [2.05, 4.69) is 45.8 Å². The monoisotopic (exact) mass is 283 g/mol. The van der Waals surface area contributed by atoms with E-state index in [1.165, 1.54) is 4.80 Å². The molecule has 1 saturated heterocycles. The van der Waals surface area contributed by atoms with Crippen molar-refractivity contribution in [2.75, 3.05) is 19.7 Å². The van der Waals surface area contributed by atoms with E-state index in [0.29, 0.717) is 11.7 Å². The Balaban J connectivity index is 1.80. The van der Waals surface area contributed by atoms with Crippen LogP contribution in [-0.2, 0) is 16.2 Å². The average Bonchev–Trinajstić information content (AvgIpc) is 2.71. The summed E-state index contributed by atoms with van der Waals surface area (Å²) in [6, 6.07) is 0. The first-order valence-corrected chi connectivity index (χ1v) is 6.72. The third-order valence-corrected chi connectivity index (χ3v) is 3.22. The standard InChI is InChI=1S/C12H21N5O3/c1-5-19-11(18)20-8-17-14-10(13-15-17)9-6-16(7-9)12(2,3)4/h9H,5-8H2,1-4H3. The summed E-state index contributed by atoms with van der Waals surface area (Å²) in [5, 5.41) is 12.1. The number of hydrogen-bond donors (Lipinski definition) is 0. The molecule has 8 nitrogen and oxygen atoms in total. The van der Waals surface area contributed by atoms with E-state index in [1.807, 2.05) is 0 Å². The van der Waals surface area contributed by atoms with Crippen molar-refractivity contribution in [3.63, 3.8) is 0 Å². The Morgan fingerprint density at radius 3 is 2.65 bits per heavy atom. The molecule has 1 aliphatic rings. The molecule has 1 aromatic heterocycles. The lowest BCUT2D eigenvalue weighted by molar-refractivity contribution is 0.0278. The Morgan fingerprint density at radius 1 is 1.35 bits per heavy atom. The van der Waals surface area contributed by atoms with Crippen LogP contribution in [0.25, 0.3) is 0 Å². The number of hydrogen-bond acceptors (Lipinski definition) is 7. The third kappa shape index (κ3) is 3.44. The number of carbonyl (C=O) groups excluding carboxylic acids is 1. The van der Waals surface area contributed by atoms with Gasteiger partial charge in [-0.3, -0.25) is 4.90 Å². The molecule has 1 fully saturated rings. The summed E-state index contributed by atoms with van der Waals surface area (Å²) in [4.78, 5) is 14.6. The quantitative estimate of drug-likeness (QED) is 0.762. The summed E-state index contributed by atoms with van der Waals surface area (Å²) in [5.74, 6) is 0.989. The van der Waals surface area contributed by atoms with Gasteiger partial charge >= 0.3 is 6.16 Å². The molecule has 2 rings (SSSR count). The topological polar surface area (TPSA) is 82.4 Å². The number of carbonyl (C=O) groups is 1. The van der Waals surface area contributed by atoms with Crippen LogP contribution in [-0.4, -0.2) is 56.5 Å². The van der Waals surface area contributed by atoms with Crippen LogP contribution in [0.5, 0.6) is 0 Å². The molecule has 0 atom stereocenters. The van der Waals surface area contributed by atoms with E-state index < -0.39 is 6.16 Å². The molecule has 0 spiro atoms. The van der Waals surface area contributed by atoms with Crippen LogP contribution in [0.1, 0.15) is 39.4 Å². The van der Waals surface area contributed by atoms with Gasteiger partial charge in [-0.1, -0.05) is 0 Å². The Hall–Kier alpha value is -1.70. The maximum absolute atomic E-state index is 11.0. The van der Waals surface area contributed by atoms with Crippen LogP contribution in [0.2, 0.25) is 0 Å². The second-order valence-electron chi connectivity index (χ2n) is 5.75. The minimum absolute atomic E-state index is 0.0818. The highest BCUT2D eigenvalue weighted by molar-refractivity contribution is 5.59. The van der Waals surface area contributed by atoms with Crippen LogP contribution >= 0.6 is 0 Å². The van der Waals surface area contributed by atoms with Gasteiger partial charge in [0.05, 0.1) is 6.61 Å². The Kier molecular flexibility index (Phi) is 4.22. The lowest BCUT2D eigenvalue weighted by Crippen LogP contribution is -2.54. The lowest BCUT2D eigenvalue weighted by atomic mass is 9.92. The zero-order valence-electron chi connectivity index (χ0n) is 12.4. The van der Waals surface area contributed by atoms with E-state index in [-0.39, 0.29) is 18.9 Å². The van der Waals surface area contributed by atoms with Crippen molar-refractivity contribution < 1.29 is 14.3 Å². The van der Waals surface area contributed by atoms with Crippen LogP contribution in [0.4, 0.5) is 4.79 Å². The number of aromatic nitrogens is 4. The van der Waals surface area contributed by atoms with E-state index >= 15 is 0 Å². The average molecular weight is 283 g/mol. The molecule has 0 amide bonds. The van der Waals surface area contributed by atoms with Gasteiger partial charge in [0.1, 0.15) is 0 Å². The van der Waals surface area contributed by atoms with Gasteiger partial charge < -0.3 is 9.47 Å². The molecule has 1 aromatic rings. The fourth-order valence-corrected chi connectivity index (χ4v) is 1.93. The molecule has 0 radical (unpaired) electrons. The molecular weight excluding hydrogens is 262 g/mol. The first kappa shape index (κ1) is 14.7. The summed E-state index contributed by atoms with van der Waals surface area (Å²) in [5.41, 5.74) is 0.166. The van der Waals surface area contributed by atoms with Gasteiger partial charge in [-0.2, -0.15) is 0 Å². The highest BCUT2D eigenvalue weighted by Gasteiger charge is 2.37. The maximum Gasteiger partial charge on any atom is 0.510 e. The normalized spacial score (nSPS) is 16.8. The van der Waals surface area contributed by atoms with E-state index in [9.17, 15) is 4.79 Å². The van der Waals surface area contributed by atoms with Crippen molar-refractivity contribution in [3.8, 4) is 0 Å². The predicted octanol–water partition coefficient (Wildman–Crippen LogP) is 1.00. The number of nitrogens with zero attached hydrogens (tertiary/aromatic N) is 5. The summed E-state index contributed by atoms with van der Waals surface area (Å²) in [6.07, 6.45) is -0.728. The van der Waals surface area contributed by atoms with Gasteiger partial charge in [0.15, 0.2) is 5.82 Å². The smallest absolute Gasteiger partial charge is 0.435 e. The molecule has 0 aliphatic carbocycles. The first-order chi connectivity index (χ1) is 9.40. The summed E-state index contributed by atoms with van der Waals surface area (Å²) >= 11 is 0. The van der Waals surface area contributed by atoms with Gasteiger partial charge in [0, 0.05) is 24.5 Å². The maximum atomic E-state index is 11.0. The van der Waals surface area contributed by atoms with Gasteiger partial charge in [-0.25, -0.2) is 4.79 Å². The van der Waals surface area contributed by atoms with Crippen molar-refractivity contribution in [3.05, 3.63) is 5.82 Å². The molecule has 0 bridgehead atoms. The molecule has 20 heavy (non-hydrogen) atoms. The molecule has 2 heterocycles. The minimum Gasteiger partial charge on any atom is -0.435 e. The number of tetrazole rings is 1. The fourth-order valence-electron chi connectivity index (χ4n) is 1.93. The van der Waals surface area contributed by atoms with Crippen molar-refractivity contribution in [2.45, 2.75) is 45.9 Å². The summed E-state index contributed by atoms with van der Waals surface area (Å²) in [6.45, 7) is 10.3. The highest BCUT2D eigenvalue weighted by Crippen LogP contribution is 2.30. The van der Waals surface area contributed by atoms with Gasteiger partial charge in [0.2, 0.25) is 6.73 Å².